The van der Waals surface area contributed by atoms with Crippen LogP contribution < -0.4 is 5.32 Å². The minimum atomic E-state index is -1.19. The molecule has 0 aromatic carbocycles. The highest BCUT2D eigenvalue weighted by Crippen LogP contribution is 2.00. The summed E-state index contributed by atoms with van der Waals surface area (Å²) in [4.78, 5) is 10.4. The second kappa shape index (κ2) is 3.53. The minimum absolute atomic E-state index is 0.393. The number of carbonyl (C=O) groups is 1. The average molecular weight is 147 g/mol. The summed E-state index contributed by atoms with van der Waals surface area (Å²) in [5, 5.41) is 19.8. The monoisotopic (exact) mass is 147 g/mol. The van der Waals surface area contributed by atoms with Crippen molar-refractivity contribution in [2.24, 2.45) is 0 Å². The molecule has 0 bridgehead atoms. The highest BCUT2D eigenvalue weighted by atomic mass is 16.4. The van der Waals surface area contributed by atoms with Crippen molar-refractivity contribution in [3.05, 3.63) is 0 Å². The van der Waals surface area contributed by atoms with Crippen molar-refractivity contribution in [1.82, 2.24) is 5.32 Å². The molecule has 0 aliphatic heterocycles. The van der Waals surface area contributed by atoms with Crippen LogP contribution in [0.25, 0.3) is 0 Å². The summed E-state index contributed by atoms with van der Waals surface area (Å²) in [6, 6.07) is 0. The van der Waals surface area contributed by atoms with E-state index in [1.54, 1.807) is 6.92 Å². The van der Waals surface area contributed by atoms with E-state index in [-0.39, 0.29) is 0 Å². The van der Waals surface area contributed by atoms with Crippen LogP contribution in [0.1, 0.15) is 13.8 Å². The molecule has 0 fully saturated rings. The molecule has 0 aliphatic rings. The Balaban J connectivity index is 4.08. The van der Waals surface area contributed by atoms with Gasteiger partial charge in [0, 0.05) is 0 Å². The lowest BCUT2D eigenvalue weighted by atomic mass is 10.1. The Morgan fingerprint density at radius 3 is 2.30 bits per heavy atom. The van der Waals surface area contributed by atoms with E-state index >= 15 is 0 Å². The fourth-order valence-electron chi connectivity index (χ4n) is 0.589. The number of hydrogen-bond acceptors (Lipinski definition) is 3. The molecule has 0 rings (SSSR count). The van der Waals surface area contributed by atoms with Crippen molar-refractivity contribution in [2.45, 2.75) is 19.4 Å². The Morgan fingerprint density at radius 2 is 2.20 bits per heavy atom. The largest absolute Gasteiger partial charge is 0.480 e. The number of nitrogens with one attached hydrogen (secondary N) is 1. The number of rotatable bonds is 4. The first-order chi connectivity index (χ1) is 4.56. The van der Waals surface area contributed by atoms with E-state index in [1.165, 1.54) is 6.92 Å². The molecule has 0 radical (unpaired) electrons. The first kappa shape index (κ1) is 9.39. The molecule has 0 amide bonds. The summed E-state index contributed by atoms with van der Waals surface area (Å²) in [5.41, 5.74) is -1.19. The molecule has 0 unspecified atom stereocenters. The molecule has 4 nitrogen and oxygen atoms in total. The Labute approximate surface area is 59.9 Å². The first-order valence-corrected chi connectivity index (χ1v) is 3.16. The predicted octanol–water partition coefficient (Wildman–Crippen LogP) is -0.569. The highest BCUT2D eigenvalue weighted by Gasteiger charge is 2.30. The number of aliphatic hydroxyl groups is 1. The maximum atomic E-state index is 10.4. The van der Waals surface area contributed by atoms with E-state index in [1.807, 2.05) is 0 Å². The van der Waals surface area contributed by atoms with Gasteiger partial charge >= 0.3 is 5.97 Å². The summed E-state index contributed by atoms with van der Waals surface area (Å²) in [7, 11) is 0. The topological polar surface area (TPSA) is 69.6 Å². The van der Waals surface area contributed by atoms with E-state index in [0.717, 1.165) is 0 Å². The van der Waals surface area contributed by atoms with Crippen LogP contribution in [0.5, 0.6) is 0 Å². The maximum absolute atomic E-state index is 10.4. The second-order valence-corrected chi connectivity index (χ2v) is 2.33. The van der Waals surface area contributed by atoms with Crippen molar-refractivity contribution in [3.8, 4) is 0 Å². The lowest BCUT2D eigenvalue weighted by Crippen LogP contribution is -2.52. The number of aliphatic hydroxyl groups excluding tert-OH is 1. The summed E-state index contributed by atoms with van der Waals surface area (Å²) < 4.78 is 0. The SMILES string of the molecule is CCN[C@@](C)(CO)C(=O)O. The third-order valence-electron chi connectivity index (χ3n) is 1.36. The summed E-state index contributed by atoms with van der Waals surface area (Å²) in [5.74, 6) is -1.03. The molecule has 0 aromatic heterocycles. The van der Waals surface area contributed by atoms with Crippen LogP contribution in [0.15, 0.2) is 0 Å². The number of hydrogen-bond donors (Lipinski definition) is 3. The molecule has 4 heteroatoms. The van der Waals surface area contributed by atoms with Crippen LogP contribution in [-0.4, -0.2) is 34.9 Å². The lowest BCUT2D eigenvalue weighted by Gasteiger charge is -2.22. The smallest absolute Gasteiger partial charge is 0.326 e. The van der Waals surface area contributed by atoms with Gasteiger partial charge in [0.05, 0.1) is 6.61 Å². The average Bonchev–Trinajstić information content (AvgIpc) is 1.88. The third kappa shape index (κ3) is 1.97. The quantitative estimate of drug-likeness (QED) is 0.498. The zero-order chi connectivity index (χ0) is 8.20. The van der Waals surface area contributed by atoms with Crippen molar-refractivity contribution in [2.75, 3.05) is 13.2 Å². The number of aliphatic carboxylic acids is 1. The zero-order valence-electron chi connectivity index (χ0n) is 6.22. The molecule has 60 valence electrons. The van der Waals surface area contributed by atoms with Gasteiger partial charge in [0.1, 0.15) is 5.54 Å². The number of carboxylic acid groups (broad SMARTS) is 1. The van der Waals surface area contributed by atoms with Crippen molar-refractivity contribution >= 4 is 5.97 Å². The predicted molar refractivity (Wildman–Crippen MR) is 36.8 cm³/mol. The fourth-order valence-corrected chi connectivity index (χ4v) is 0.589. The minimum Gasteiger partial charge on any atom is -0.480 e. The van der Waals surface area contributed by atoms with Crippen molar-refractivity contribution < 1.29 is 15.0 Å². The molecular weight excluding hydrogens is 134 g/mol. The van der Waals surface area contributed by atoms with Crippen LogP contribution in [-0.2, 0) is 4.79 Å². The molecule has 3 N–H and O–H groups in total. The summed E-state index contributed by atoms with van der Waals surface area (Å²) in [6.07, 6.45) is 0. The number of likely N-dealkylation sites (N-methyl/N-ethyl adjacent to an activating group) is 1. The van der Waals surface area contributed by atoms with Crippen LogP contribution in [0.4, 0.5) is 0 Å². The molecular formula is C6H13NO3. The Kier molecular flexibility index (Phi) is 3.32. The Bertz CT molecular complexity index is 126. The van der Waals surface area contributed by atoms with Gasteiger partial charge in [-0.2, -0.15) is 0 Å². The molecule has 0 aliphatic carbocycles. The van der Waals surface area contributed by atoms with Crippen LogP contribution >= 0.6 is 0 Å². The molecule has 0 saturated carbocycles. The van der Waals surface area contributed by atoms with Gasteiger partial charge in [-0.3, -0.25) is 4.79 Å². The van der Waals surface area contributed by atoms with Crippen molar-refractivity contribution in [1.29, 1.82) is 0 Å². The fraction of sp³-hybridized carbons (Fsp3) is 0.833. The van der Waals surface area contributed by atoms with Crippen LogP contribution in [0.3, 0.4) is 0 Å². The maximum Gasteiger partial charge on any atom is 0.326 e. The van der Waals surface area contributed by atoms with Gasteiger partial charge in [-0.1, -0.05) is 6.92 Å². The first-order valence-electron chi connectivity index (χ1n) is 3.16. The molecule has 1 atom stereocenters. The Morgan fingerprint density at radius 1 is 1.70 bits per heavy atom. The van der Waals surface area contributed by atoms with Crippen LogP contribution in [0, 0.1) is 0 Å². The summed E-state index contributed by atoms with van der Waals surface area (Å²) >= 11 is 0. The van der Waals surface area contributed by atoms with Gasteiger partial charge in [-0.25, -0.2) is 0 Å². The second-order valence-electron chi connectivity index (χ2n) is 2.33. The third-order valence-corrected chi connectivity index (χ3v) is 1.36. The Hall–Kier alpha value is -0.610. The molecule has 0 heterocycles. The number of carboxylic acids is 1. The van der Waals surface area contributed by atoms with Gasteiger partial charge in [0.2, 0.25) is 0 Å². The van der Waals surface area contributed by atoms with E-state index in [4.69, 9.17) is 10.2 Å². The molecule has 10 heavy (non-hydrogen) atoms. The zero-order valence-corrected chi connectivity index (χ0v) is 6.22. The van der Waals surface area contributed by atoms with E-state index in [9.17, 15) is 4.79 Å². The van der Waals surface area contributed by atoms with E-state index in [0.29, 0.717) is 6.54 Å². The van der Waals surface area contributed by atoms with Crippen LogP contribution in [0.2, 0.25) is 0 Å². The van der Waals surface area contributed by atoms with Gasteiger partial charge in [0.25, 0.3) is 0 Å². The highest BCUT2D eigenvalue weighted by molar-refractivity contribution is 5.78. The van der Waals surface area contributed by atoms with E-state index < -0.39 is 18.1 Å². The van der Waals surface area contributed by atoms with E-state index in [2.05, 4.69) is 5.32 Å². The standard InChI is InChI=1S/C6H13NO3/c1-3-7-6(2,4-8)5(9)10/h7-8H,3-4H2,1-2H3,(H,9,10)/t6-/m0/s1. The lowest BCUT2D eigenvalue weighted by molar-refractivity contribution is -0.145. The molecule has 0 aromatic rings. The normalized spacial score (nSPS) is 16.3. The molecule has 0 saturated heterocycles. The van der Waals surface area contributed by atoms with Gasteiger partial charge < -0.3 is 15.5 Å². The molecule has 0 spiro atoms. The van der Waals surface area contributed by atoms with Crippen molar-refractivity contribution in [3.63, 3.8) is 0 Å². The van der Waals surface area contributed by atoms with Gasteiger partial charge in [0.15, 0.2) is 0 Å². The van der Waals surface area contributed by atoms with Gasteiger partial charge in [-0.15, -0.1) is 0 Å². The van der Waals surface area contributed by atoms with Gasteiger partial charge in [-0.05, 0) is 13.5 Å². The summed E-state index contributed by atoms with van der Waals surface area (Å²) in [6.45, 7) is 3.37.